The van der Waals surface area contributed by atoms with Crippen LogP contribution in [0.1, 0.15) is 29.0 Å². The van der Waals surface area contributed by atoms with Crippen molar-refractivity contribution in [2.24, 2.45) is 0 Å². The molecular formula is C14H18ClN5O. The Bertz CT molecular complexity index is 613. The number of nitrogens with zero attached hydrogens (tertiary/aromatic N) is 3. The van der Waals surface area contributed by atoms with Crippen LogP contribution >= 0.6 is 11.8 Å². The maximum Gasteiger partial charge on any atom is 0.269 e. The third-order valence-electron chi connectivity index (χ3n) is 3.85. The summed E-state index contributed by atoms with van der Waals surface area (Å²) in [6, 6.07) is 3.76. The third-order valence-corrected chi connectivity index (χ3v) is 4.30. The number of aryl methyl sites for hydroxylation is 1. The van der Waals surface area contributed by atoms with Crippen LogP contribution in [0.25, 0.3) is 0 Å². The van der Waals surface area contributed by atoms with Crippen molar-refractivity contribution < 1.29 is 4.79 Å². The Kier molecular flexibility index (Phi) is 3.88. The Hall–Kier alpha value is -1.95. The number of hydrogen-bond donors (Lipinski definition) is 2. The Labute approximate surface area is 128 Å². The van der Waals surface area contributed by atoms with Crippen LogP contribution in [-0.4, -0.2) is 39.1 Å². The van der Waals surface area contributed by atoms with Gasteiger partial charge in [0, 0.05) is 49.0 Å². The predicted octanol–water partition coefficient (Wildman–Crippen LogP) is 1.92. The van der Waals surface area contributed by atoms with Crippen molar-refractivity contribution in [3.05, 3.63) is 35.9 Å². The lowest BCUT2D eigenvalue weighted by Gasteiger charge is -2.32. The monoisotopic (exact) mass is 307 g/mol. The average Bonchev–Trinajstić information content (AvgIpc) is 3.11. The standard InChI is InChI=1S/C14H18ClN5O/c1-10-2-3-12(20(10)15)13(21)18-11-4-8-19(9-5-11)14-16-6-7-17-14/h2-3,6-7,11H,4-5,8-9H2,1H3,(H,16,17)(H,18,21). The van der Waals surface area contributed by atoms with E-state index in [9.17, 15) is 4.79 Å². The van der Waals surface area contributed by atoms with Crippen molar-refractivity contribution in [3.63, 3.8) is 0 Å². The van der Waals surface area contributed by atoms with Gasteiger partial charge in [-0.2, -0.15) is 0 Å². The summed E-state index contributed by atoms with van der Waals surface area (Å²) in [5, 5.41) is 3.05. The van der Waals surface area contributed by atoms with E-state index in [0.717, 1.165) is 37.6 Å². The molecule has 0 aromatic carbocycles. The van der Waals surface area contributed by atoms with Crippen molar-refractivity contribution in [1.29, 1.82) is 0 Å². The third kappa shape index (κ3) is 2.90. The fraction of sp³-hybridized carbons (Fsp3) is 0.429. The van der Waals surface area contributed by atoms with Gasteiger partial charge in [0.1, 0.15) is 5.69 Å². The van der Waals surface area contributed by atoms with Crippen molar-refractivity contribution in [2.75, 3.05) is 18.0 Å². The van der Waals surface area contributed by atoms with Crippen molar-refractivity contribution in [3.8, 4) is 0 Å². The molecule has 0 atom stereocenters. The van der Waals surface area contributed by atoms with Gasteiger partial charge in [0.2, 0.25) is 5.95 Å². The molecule has 2 aromatic rings. The van der Waals surface area contributed by atoms with Gasteiger partial charge in [-0.3, -0.25) is 8.88 Å². The molecule has 0 saturated carbocycles. The quantitative estimate of drug-likeness (QED) is 0.910. The summed E-state index contributed by atoms with van der Waals surface area (Å²) in [7, 11) is 0. The molecule has 6 nitrogen and oxygen atoms in total. The smallest absolute Gasteiger partial charge is 0.269 e. The Morgan fingerprint density at radius 1 is 1.43 bits per heavy atom. The average molecular weight is 308 g/mol. The summed E-state index contributed by atoms with van der Waals surface area (Å²) in [5.41, 5.74) is 1.34. The molecule has 3 heterocycles. The van der Waals surface area contributed by atoms with Crippen LogP contribution in [0, 0.1) is 6.92 Å². The highest BCUT2D eigenvalue weighted by atomic mass is 35.5. The number of halogens is 1. The van der Waals surface area contributed by atoms with Crippen LogP contribution < -0.4 is 10.2 Å². The normalized spacial score (nSPS) is 16.2. The zero-order chi connectivity index (χ0) is 14.8. The van der Waals surface area contributed by atoms with Crippen molar-refractivity contribution in [2.45, 2.75) is 25.8 Å². The maximum absolute atomic E-state index is 12.2. The van der Waals surface area contributed by atoms with Gasteiger partial charge in [0.05, 0.1) is 0 Å². The van der Waals surface area contributed by atoms with Crippen LogP contribution in [0.3, 0.4) is 0 Å². The van der Waals surface area contributed by atoms with Gasteiger partial charge < -0.3 is 15.2 Å². The van der Waals surface area contributed by atoms with Crippen LogP contribution in [0.5, 0.6) is 0 Å². The highest BCUT2D eigenvalue weighted by molar-refractivity contribution is 6.18. The molecule has 1 saturated heterocycles. The van der Waals surface area contributed by atoms with Gasteiger partial charge in [-0.05, 0) is 31.9 Å². The van der Waals surface area contributed by atoms with Gasteiger partial charge in [-0.1, -0.05) is 0 Å². The number of anilines is 1. The lowest BCUT2D eigenvalue weighted by molar-refractivity contribution is 0.0925. The molecule has 21 heavy (non-hydrogen) atoms. The van der Waals surface area contributed by atoms with Gasteiger partial charge in [0.15, 0.2) is 0 Å². The molecular weight excluding hydrogens is 290 g/mol. The van der Waals surface area contributed by atoms with Gasteiger partial charge in [-0.25, -0.2) is 4.98 Å². The van der Waals surface area contributed by atoms with Crippen LogP contribution in [0.15, 0.2) is 24.5 Å². The maximum atomic E-state index is 12.2. The number of hydrogen-bond acceptors (Lipinski definition) is 3. The molecule has 0 radical (unpaired) electrons. The first-order valence-corrected chi connectivity index (χ1v) is 7.38. The van der Waals surface area contributed by atoms with E-state index in [-0.39, 0.29) is 11.9 Å². The molecule has 0 bridgehead atoms. The van der Waals surface area contributed by atoms with Gasteiger partial charge >= 0.3 is 0 Å². The zero-order valence-electron chi connectivity index (χ0n) is 11.8. The van der Waals surface area contributed by atoms with E-state index in [1.807, 2.05) is 19.2 Å². The first-order chi connectivity index (χ1) is 10.1. The Balaban J connectivity index is 1.56. The minimum Gasteiger partial charge on any atom is -0.348 e. The molecule has 0 unspecified atom stereocenters. The topological polar surface area (TPSA) is 66.0 Å². The van der Waals surface area contributed by atoms with Crippen LogP contribution in [0.2, 0.25) is 0 Å². The van der Waals surface area contributed by atoms with Crippen molar-refractivity contribution in [1.82, 2.24) is 19.4 Å². The summed E-state index contributed by atoms with van der Waals surface area (Å²) in [5.74, 6) is 0.777. The van der Waals surface area contributed by atoms with E-state index >= 15 is 0 Å². The number of aromatic amines is 1. The first-order valence-electron chi connectivity index (χ1n) is 7.05. The highest BCUT2D eigenvalue weighted by Crippen LogP contribution is 2.17. The minimum atomic E-state index is -0.116. The number of H-pyrrole nitrogens is 1. The van der Waals surface area contributed by atoms with E-state index in [2.05, 4.69) is 20.2 Å². The number of amides is 1. The molecule has 1 aliphatic rings. The number of nitrogens with one attached hydrogen (secondary N) is 2. The zero-order valence-corrected chi connectivity index (χ0v) is 12.6. The molecule has 2 N–H and O–H groups in total. The molecule has 1 aliphatic heterocycles. The predicted molar refractivity (Wildman–Crippen MR) is 81.7 cm³/mol. The van der Waals surface area contributed by atoms with E-state index in [1.54, 1.807) is 12.3 Å². The summed E-state index contributed by atoms with van der Waals surface area (Å²) in [6.45, 7) is 3.62. The minimum absolute atomic E-state index is 0.116. The molecule has 1 amide bonds. The molecule has 7 heteroatoms. The molecule has 3 rings (SSSR count). The van der Waals surface area contributed by atoms with Gasteiger partial charge in [0.25, 0.3) is 5.91 Å². The fourth-order valence-electron chi connectivity index (χ4n) is 2.61. The van der Waals surface area contributed by atoms with E-state index in [1.165, 1.54) is 4.09 Å². The first kappa shape index (κ1) is 14.0. The van der Waals surface area contributed by atoms with Gasteiger partial charge in [-0.15, -0.1) is 0 Å². The SMILES string of the molecule is Cc1ccc(C(=O)NC2CCN(c3ncc[nH]3)CC2)n1Cl. The number of piperidine rings is 1. The van der Waals surface area contributed by atoms with Crippen molar-refractivity contribution >= 4 is 23.6 Å². The molecule has 2 aromatic heterocycles. The van der Waals surface area contributed by atoms with E-state index in [4.69, 9.17) is 11.8 Å². The lowest BCUT2D eigenvalue weighted by Crippen LogP contribution is -2.45. The largest absolute Gasteiger partial charge is 0.348 e. The number of rotatable bonds is 3. The number of carbonyl (C=O) groups excluding carboxylic acids is 1. The van der Waals surface area contributed by atoms with E-state index < -0.39 is 0 Å². The summed E-state index contributed by atoms with van der Waals surface area (Å²) >= 11 is 6.05. The summed E-state index contributed by atoms with van der Waals surface area (Å²) in [4.78, 5) is 21.8. The number of imidazole rings is 1. The molecule has 112 valence electrons. The second kappa shape index (κ2) is 5.81. The van der Waals surface area contributed by atoms with Crippen LogP contribution in [0.4, 0.5) is 5.95 Å². The number of carbonyl (C=O) groups is 1. The molecule has 1 fully saturated rings. The molecule has 0 aliphatic carbocycles. The summed E-state index contributed by atoms with van der Waals surface area (Å²) in [6.07, 6.45) is 5.36. The Morgan fingerprint density at radius 2 is 2.19 bits per heavy atom. The second-order valence-electron chi connectivity index (χ2n) is 5.29. The number of aromatic nitrogens is 3. The summed E-state index contributed by atoms with van der Waals surface area (Å²) < 4.78 is 1.40. The Morgan fingerprint density at radius 3 is 2.76 bits per heavy atom. The highest BCUT2D eigenvalue weighted by Gasteiger charge is 2.23. The lowest BCUT2D eigenvalue weighted by atomic mass is 10.1. The fourth-order valence-corrected chi connectivity index (χ4v) is 2.80. The van der Waals surface area contributed by atoms with E-state index in [0.29, 0.717) is 5.69 Å². The van der Waals surface area contributed by atoms with Crippen LogP contribution in [-0.2, 0) is 0 Å². The second-order valence-corrected chi connectivity index (χ2v) is 5.63. The molecule has 0 spiro atoms.